The van der Waals surface area contributed by atoms with Crippen LogP contribution in [0.2, 0.25) is 0 Å². The molecule has 0 heterocycles. The lowest BCUT2D eigenvalue weighted by atomic mass is 9.87. The van der Waals surface area contributed by atoms with Gasteiger partial charge in [0.2, 0.25) is 0 Å². The smallest absolute Gasteiger partial charge is 0.259 e. The fourth-order valence-electron chi connectivity index (χ4n) is 2.23. The van der Waals surface area contributed by atoms with Gasteiger partial charge in [0.1, 0.15) is 0 Å². The van der Waals surface area contributed by atoms with Crippen molar-refractivity contribution < 1.29 is 4.79 Å². The minimum absolute atomic E-state index is 0.130. The summed E-state index contributed by atoms with van der Waals surface area (Å²) >= 11 is 0. The van der Waals surface area contributed by atoms with Crippen molar-refractivity contribution in [3.63, 3.8) is 0 Å². The second-order valence-electron chi connectivity index (χ2n) is 6.83. The highest BCUT2D eigenvalue weighted by molar-refractivity contribution is 5.84. The molecule has 0 fully saturated rings. The van der Waals surface area contributed by atoms with Gasteiger partial charge >= 0.3 is 0 Å². The molecule has 0 aliphatic rings. The first-order valence-electron chi connectivity index (χ1n) is 8.08. The lowest BCUT2D eigenvalue weighted by Crippen LogP contribution is -2.26. The number of nitrogens with zero attached hydrogens (tertiary/aromatic N) is 1. The van der Waals surface area contributed by atoms with Gasteiger partial charge in [-0.2, -0.15) is 5.10 Å². The van der Waals surface area contributed by atoms with Crippen molar-refractivity contribution in [3.05, 3.63) is 65.2 Å². The molecule has 24 heavy (non-hydrogen) atoms. The highest BCUT2D eigenvalue weighted by Crippen LogP contribution is 2.21. The summed E-state index contributed by atoms with van der Waals surface area (Å²) in [6.45, 7) is 8.72. The number of nitrogens with one attached hydrogen (secondary N) is 2. The van der Waals surface area contributed by atoms with Crippen LogP contribution in [0, 0.1) is 6.92 Å². The molecule has 0 unspecified atom stereocenters. The first-order valence-corrected chi connectivity index (χ1v) is 8.08. The van der Waals surface area contributed by atoms with Gasteiger partial charge in [-0.15, -0.1) is 0 Å². The Morgan fingerprint density at radius 3 is 2.38 bits per heavy atom. The van der Waals surface area contributed by atoms with Crippen LogP contribution >= 0.6 is 0 Å². The Morgan fingerprint density at radius 1 is 1.08 bits per heavy atom. The van der Waals surface area contributed by atoms with Crippen LogP contribution in [0.25, 0.3) is 0 Å². The third kappa shape index (κ3) is 5.23. The van der Waals surface area contributed by atoms with E-state index in [1.807, 2.05) is 43.3 Å². The summed E-state index contributed by atoms with van der Waals surface area (Å²) in [4.78, 5) is 11.8. The Bertz CT molecular complexity index is 712. The topological polar surface area (TPSA) is 53.5 Å². The average molecular weight is 323 g/mol. The molecule has 4 nitrogen and oxygen atoms in total. The number of hydrogen-bond donors (Lipinski definition) is 2. The summed E-state index contributed by atoms with van der Waals surface area (Å²) in [5, 5.41) is 7.10. The first-order chi connectivity index (χ1) is 11.4. The van der Waals surface area contributed by atoms with Crippen molar-refractivity contribution in [1.82, 2.24) is 5.43 Å². The van der Waals surface area contributed by atoms with Crippen LogP contribution in [0.5, 0.6) is 0 Å². The number of hydrogen-bond acceptors (Lipinski definition) is 3. The first kappa shape index (κ1) is 17.7. The number of benzene rings is 2. The molecule has 2 aromatic carbocycles. The van der Waals surface area contributed by atoms with E-state index in [0.29, 0.717) is 0 Å². The van der Waals surface area contributed by atoms with E-state index in [4.69, 9.17) is 0 Å². The summed E-state index contributed by atoms with van der Waals surface area (Å²) in [5.41, 5.74) is 6.94. The maximum absolute atomic E-state index is 11.8. The lowest BCUT2D eigenvalue weighted by molar-refractivity contribution is -0.119. The van der Waals surface area contributed by atoms with Crippen molar-refractivity contribution in [3.8, 4) is 0 Å². The number of hydrazone groups is 1. The van der Waals surface area contributed by atoms with Crippen molar-refractivity contribution in [2.45, 2.75) is 33.1 Å². The second-order valence-corrected chi connectivity index (χ2v) is 6.83. The van der Waals surface area contributed by atoms with Gasteiger partial charge in [0.05, 0.1) is 12.8 Å². The Kier molecular flexibility index (Phi) is 5.74. The number of carbonyl (C=O) groups excluding carboxylic acids is 1. The summed E-state index contributed by atoms with van der Waals surface area (Å²) in [7, 11) is 0. The average Bonchev–Trinajstić information content (AvgIpc) is 2.54. The fraction of sp³-hybridized carbons (Fsp3) is 0.300. The molecule has 0 aliphatic carbocycles. The molecular formula is C20H25N3O. The van der Waals surface area contributed by atoms with Gasteiger partial charge in [0.25, 0.3) is 5.91 Å². The summed E-state index contributed by atoms with van der Waals surface area (Å²) < 4.78 is 0. The maximum atomic E-state index is 11.8. The number of para-hydroxylation sites is 1. The van der Waals surface area contributed by atoms with Crippen LogP contribution in [0.15, 0.2) is 53.6 Å². The number of amides is 1. The molecule has 0 atom stereocenters. The van der Waals surface area contributed by atoms with E-state index in [1.165, 1.54) is 5.56 Å². The van der Waals surface area contributed by atoms with Crippen LogP contribution in [0.3, 0.4) is 0 Å². The quantitative estimate of drug-likeness (QED) is 0.648. The minimum Gasteiger partial charge on any atom is -0.376 e. The van der Waals surface area contributed by atoms with Crippen LogP contribution in [0.4, 0.5) is 5.69 Å². The molecule has 2 N–H and O–H groups in total. The van der Waals surface area contributed by atoms with Gasteiger partial charge in [-0.1, -0.05) is 63.2 Å². The van der Waals surface area contributed by atoms with E-state index >= 15 is 0 Å². The van der Waals surface area contributed by atoms with Gasteiger partial charge in [-0.05, 0) is 35.1 Å². The molecule has 4 heteroatoms. The highest BCUT2D eigenvalue weighted by atomic mass is 16.2. The van der Waals surface area contributed by atoms with Crippen molar-refractivity contribution in [2.75, 3.05) is 11.9 Å². The number of carbonyl (C=O) groups is 1. The van der Waals surface area contributed by atoms with E-state index in [2.05, 4.69) is 48.7 Å². The molecular weight excluding hydrogens is 298 g/mol. The highest BCUT2D eigenvalue weighted by Gasteiger charge is 2.12. The summed E-state index contributed by atoms with van der Waals surface area (Å²) in [6.07, 6.45) is 1.65. The zero-order valence-electron chi connectivity index (χ0n) is 14.8. The van der Waals surface area contributed by atoms with E-state index in [9.17, 15) is 4.79 Å². The Balaban J connectivity index is 1.83. The molecule has 0 saturated carbocycles. The summed E-state index contributed by atoms with van der Waals surface area (Å²) in [5.74, 6) is -0.180. The Labute approximate surface area is 144 Å². The second kappa shape index (κ2) is 7.77. The molecule has 0 saturated heterocycles. The standard InChI is InChI=1S/C20H25N3O/c1-15-7-5-6-8-18(15)21-14-19(24)23-22-13-16-9-11-17(12-10-16)20(2,3)4/h5-13,21H,14H2,1-4H3,(H,23,24). The Morgan fingerprint density at radius 2 is 1.75 bits per heavy atom. The predicted octanol–water partition coefficient (Wildman–Crippen LogP) is 3.85. The molecule has 0 aliphatic heterocycles. The van der Waals surface area contributed by atoms with Crippen LogP contribution in [0.1, 0.15) is 37.5 Å². The van der Waals surface area contributed by atoms with Crippen LogP contribution < -0.4 is 10.7 Å². The SMILES string of the molecule is Cc1ccccc1NCC(=O)NN=Cc1ccc(C(C)(C)C)cc1. The Hall–Kier alpha value is -2.62. The molecule has 2 aromatic rings. The normalized spacial score (nSPS) is 11.5. The van der Waals surface area contributed by atoms with E-state index in [0.717, 1.165) is 16.8 Å². The molecule has 1 amide bonds. The number of aryl methyl sites for hydroxylation is 1. The van der Waals surface area contributed by atoms with Gasteiger partial charge < -0.3 is 5.32 Å². The van der Waals surface area contributed by atoms with Gasteiger partial charge in [0, 0.05) is 5.69 Å². The maximum Gasteiger partial charge on any atom is 0.259 e. The lowest BCUT2D eigenvalue weighted by Gasteiger charge is -2.18. The largest absolute Gasteiger partial charge is 0.376 e. The van der Waals surface area contributed by atoms with E-state index in [1.54, 1.807) is 6.21 Å². The molecule has 0 bridgehead atoms. The van der Waals surface area contributed by atoms with Crippen molar-refractivity contribution in [1.29, 1.82) is 0 Å². The monoisotopic (exact) mass is 323 g/mol. The third-order valence-corrected chi connectivity index (χ3v) is 3.76. The molecule has 0 radical (unpaired) electrons. The third-order valence-electron chi connectivity index (χ3n) is 3.76. The van der Waals surface area contributed by atoms with Gasteiger partial charge in [-0.25, -0.2) is 5.43 Å². The van der Waals surface area contributed by atoms with Gasteiger partial charge in [0.15, 0.2) is 0 Å². The van der Waals surface area contributed by atoms with E-state index < -0.39 is 0 Å². The van der Waals surface area contributed by atoms with E-state index in [-0.39, 0.29) is 17.9 Å². The van der Waals surface area contributed by atoms with Crippen LogP contribution in [-0.2, 0) is 10.2 Å². The molecule has 126 valence electrons. The fourth-order valence-corrected chi connectivity index (χ4v) is 2.23. The minimum atomic E-state index is -0.180. The molecule has 2 rings (SSSR count). The predicted molar refractivity (Wildman–Crippen MR) is 101 cm³/mol. The zero-order chi connectivity index (χ0) is 17.6. The molecule has 0 spiro atoms. The zero-order valence-corrected chi connectivity index (χ0v) is 14.8. The van der Waals surface area contributed by atoms with Crippen molar-refractivity contribution >= 4 is 17.8 Å². The number of anilines is 1. The van der Waals surface area contributed by atoms with Gasteiger partial charge in [-0.3, -0.25) is 4.79 Å². The number of rotatable bonds is 5. The van der Waals surface area contributed by atoms with Crippen molar-refractivity contribution in [2.24, 2.45) is 5.10 Å². The molecule has 0 aromatic heterocycles. The van der Waals surface area contributed by atoms with Crippen LogP contribution in [-0.4, -0.2) is 18.7 Å². The summed E-state index contributed by atoms with van der Waals surface area (Å²) in [6, 6.07) is 16.0.